The number of nitrogens with one attached hydrogen (secondary N) is 2. The normalized spacial score (nSPS) is 15.9. The predicted molar refractivity (Wildman–Crippen MR) is 109 cm³/mol. The van der Waals surface area contributed by atoms with Gasteiger partial charge in [0, 0.05) is 17.3 Å². The molecule has 0 aliphatic heterocycles. The number of rotatable bonds is 3. The Morgan fingerprint density at radius 3 is 2.79 bits per heavy atom. The van der Waals surface area contributed by atoms with E-state index in [2.05, 4.69) is 17.6 Å². The smallest absolute Gasteiger partial charge is 0.349 e. The SMILES string of the molecule is CNC(=O)c1c(NC(=O)c2cc3ccccc3oc2=O)sc2c1CC[C@H](C)C2. The molecule has 4 rings (SSSR count). The first-order valence-corrected chi connectivity index (χ1v) is 10.0. The lowest BCUT2D eigenvalue weighted by atomic mass is 9.88. The van der Waals surface area contributed by atoms with Gasteiger partial charge in [-0.05, 0) is 42.9 Å². The maximum absolute atomic E-state index is 12.8. The molecule has 2 N–H and O–H groups in total. The summed E-state index contributed by atoms with van der Waals surface area (Å²) in [6.07, 6.45) is 2.71. The Balaban J connectivity index is 1.73. The highest BCUT2D eigenvalue weighted by Crippen LogP contribution is 2.39. The summed E-state index contributed by atoms with van der Waals surface area (Å²) in [4.78, 5) is 38.7. The third kappa shape index (κ3) is 3.22. The van der Waals surface area contributed by atoms with Gasteiger partial charge in [0.2, 0.25) is 0 Å². The largest absolute Gasteiger partial charge is 0.422 e. The van der Waals surface area contributed by atoms with Gasteiger partial charge >= 0.3 is 5.63 Å². The first kappa shape index (κ1) is 18.4. The molecule has 0 unspecified atom stereocenters. The topological polar surface area (TPSA) is 88.4 Å². The van der Waals surface area contributed by atoms with Crippen LogP contribution in [0.5, 0.6) is 0 Å². The van der Waals surface area contributed by atoms with Crippen molar-refractivity contribution < 1.29 is 14.0 Å². The van der Waals surface area contributed by atoms with Gasteiger partial charge in [-0.2, -0.15) is 0 Å². The summed E-state index contributed by atoms with van der Waals surface area (Å²) >= 11 is 1.42. The standard InChI is InChI=1S/C21H20N2O4S/c1-11-7-8-13-16(9-11)28-20(17(13)19(25)22-2)23-18(24)14-10-12-5-3-4-6-15(12)27-21(14)26/h3-6,10-11H,7-9H2,1-2H3,(H,22,25)(H,23,24)/t11-/m0/s1. The maximum Gasteiger partial charge on any atom is 0.349 e. The molecule has 0 spiro atoms. The van der Waals surface area contributed by atoms with E-state index in [1.165, 1.54) is 17.4 Å². The molecule has 0 fully saturated rings. The fourth-order valence-corrected chi connectivity index (χ4v) is 5.00. The third-order valence-electron chi connectivity index (χ3n) is 5.08. The Morgan fingerprint density at radius 2 is 2.00 bits per heavy atom. The second-order valence-corrected chi connectivity index (χ2v) is 8.18. The number of para-hydroxylation sites is 1. The molecule has 2 heterocycles. The van der Waals surface area contributed by atoms with Crippen molar-refractivity contribution in [3.63, 3.8) is 0 Å². The molecule has 1 aliphatic rings. The van der Waals surface area contributed by atoms with Crippen LogP contribution in [0.1, 0.15) is 44.5 Å². The van der Waals surface area contributed by atoms with Crippen LogP contribution in [-0.2, 0) is 12.8 Å². The number of hydrogen-bond acceptors (Lipinski definition) is 5. The number of thiophene rings is 1. The van der Waals surface area contributed by atoms with Crippen LogP contribution in [0, 0.1) is 5.92 Å². The first-order valence-electron chi connectivity index (χ1n) is 9.18. The van der Waals surface area contributed by atoms with E-state index >= 15 is 0 Å². The monoisotopic (exact) mass is 396 g/mol. The van der Waals surface area contributed by atoms with E-state index in [0.29, 0.717) is 27.5 Å². The molecule has 0 saturated carbocycles. The molecule has 0 saturated heterocycles. The lowest BCUT2D eigenvalue weighted by molar-refractivity contribution is 0.0963. The minimum atomic E-state index is -0.701. The van der Waals surface area contributed by atoms with Crippen molar-refractivity contribution in [1.82, 2.24) is 5.32 Å². The molecule has 1 aliphatic carbocycles. The van der Waals surface area contributed by atoms with Gasteiger partial charge in [0.25, 0.3) is 11.8 Å². The number of carbonyl (C=O) groups is 2. The average molecular weight is 396 g/mol. The zero-order valence-electron chi connectivity index (χ0n) is 15.6. The first-order chi connectivity index (χ1) is 13.5. The molecular weight excluding hydrogens is 376 g/mol. The minimum absolute atomic E-state index is 0.0821. The number of hydrogen-bond donors (Lipinski definition) is 2. The Kier molecular flexibility index (Phi) is 4.77. The maximum atomic E-state index is 12.8. The van der Waals surface area contributed by atoms with Crippen molar-refractivity contribution in [3.8, 4) is 0 Å². The number of amides is 2. The zero-order valence-corrected chi connectivity index (χ0v) is 16.4. The minimum Gasteiger partial charge on any atom is -0.422 e. The summed E-state index contributed by atoms with van der Waals surface area (Å²) in [5, 5.41) is 6.58. The number of carbonyl (C=O) groups excluding carboxylic acids is 2. The fourth-order valence-electron chi connectivity index (χ4n) is 3.59. The highest BCUT2D eigenvalue weighted by molar-refractivity contribution is 7.17. The predicted octanol–water partition coefficient (Wildman–Crippen LogP) is 3.59. The molecule has 144 valence electrons. The van der Waals surface area contributed by atoms with Crippen molar-refractivity contribution in [1.29, 1.82) is 0 Å². The lowest BCUT2D eigenvalue weighted by Gasteiger charge is -2.18. The number of anilines is 1. The molecule has 6 nitrogen and oxygen atoms in total. The summed E-state index contributed by atoms with van der Waals surface area (Å²) in [6.45, 7) is 2.18. The molecular formula is C21H20N2O4S. The van der Waals surface area contributed by atoms with Gasteiger partial charge in [0.1, 0.15) is 16.1 Å². The van der Waals surface area contributed by atoms with Crippen LogP contribution in [0.4, 0.5) is 5.00 Å². The van der Waals surface area contributed by atoms with Crippen LogP contribution in [-0.4, -0.2) is 18.9 Å². The van der Waals surface area contributed by atoms with Gasteiger partial charge in [-0.25, -0.2) is 4.79 Å². The average Bonchev–Trinajstić information content (AvgIpc) is 3.03. The van der Waals surface area contributed by atoms with Crippen LogP contribution in [0.25, 0.3) is 11.0 Å². The van der Waals surface area contributed by atoms with Gasteiger partial charge in [-0.1, -0.05) is 25.1 Å². The van der Waals surface area contributed by atoms with E-state index in [1.54, 1.807) is 25.2 Å². The van der Waals surface area contributed by atoms with Crippen LogP contribution < -0.4 is 16.3 Å². The fraction of sp³-hybridized carbons (Fsp3) is 0.286. The van der Waals surface area contributed by atoms with Crippen LogP contribution >= 0.6 is 11.3 Å². The molecule has 0 bridgehead atoms. The van der Waals surface area contributed by atoms with Crippen molar-refractivity contribution in [2.24, 2.45) is 5.92 Å². The number of fused-ring (bicyclic) bond motifs is 2. The lowest BCUT2D eigenvalue weighted by Crippen LogP contribution is -2.24. The van der Waals surface area contributed by atoms with E-state index in [0.717, 1.165) is 29.7 Å². The second-order valence-electron chi connectivity index (χ2n) is 7.07. The Labute approximate surface area is 165 Å². The van der Waals surface area contributed by atoms with Crippen molar-refractivity contribution >= 4 is 39.1 Å². The molecule has 1 atom stereocenters. The Hall–Kier alpha value is -2.93. The van der Waals surface area contributed by atoms with Gasteiger partial charge in [0.15, 0.2) is 0 Å². The molecule has 1 aromatic carbocycles. The van der Waals surface area contributed by atoms with Crippen LogP contribution in [0.15, 0.2) is 39.5 Å². The third-order valence-corrected chi connectivity index (χ3v) is 6.25. The number of benzene rings is 1. The quantitative estimate of drug-likeness (QED) is 0.662. The van der Waals surface area contributed by atoms with Crippen molar-refractivity contribution in [3.05, 3.63) is 62.3 Å². The van der Waals surface area contributed by atoms with Crippen molar-refractivity contribution in [2.75, 3.05) is 12.4 Å². The molecule has 28 heavy (non-hydrogen) atoms. The Bertz CT molecular complexity index is 1150. The molecule has 7 heteroatoms. The van der Waals surface area contributed by atoms with Gasteiger partial charge in [-0.15, -0.1) is 11.3 Å². The van der Waals surface area contributed by atoms with Crippen LogP contribution in [0.3, 0.4) is 0 Å². The Morgan fingerprint density at radius 1 is 1.21 bits per heavy atom. The van der Waals surface area contributed by atoms with Crippen LogP contribution in [0.2, 0.25) is 0 Å². The highest BCUT2D eigenvalue weighted by Gasteiger charge is 2.28. The van der Waals surface area contributed by atoms with E-state index in [1.807, 2.05) is 6.07 Å². The van der Waals surface area contributed by atoms with Crippen molar-refractivity contribution in [2.45, 2.75) is 26.2 Å². The van der Waals surface area contributed by atoms with Gasteiger partial charge < -0.3 is 15.1 Å². The van der Waals surface area contributed by atoms with E-state index in [-0.39, 0.29) is 11.5 Å². The summed E-state index contributed by atoms with van der Waals surface area (Å²) in [5.41, 5.74) is 1.15. The van der Waals surface area contributed by atoms with E-state index in [4.69, 9.17) is 4.42 Å². The molecule has 3 aromatic rings. The molecule has 2 aromatic heterocycles. The summed E-state index contributed by atoms with van der Waals surface area (Å²) in [7, 11) is 1.57. The highest BCUT2D eigenvalue weighted by atomic mass is 32.1. The van der Waals surface area contributed by atoms with E-state index in [9.17, 15) is 14.4 Å². The molecule has 0 radical (unpaired) electrons. The van der Waals surface area contributed by atoms with E-state index < -0.39 is 11.5 Å². The summed E-state index contributed by atoms with van der Waals surface area (Å²) < 4.78 is 5.25. The molecule has 2 amide bonds. The second kappa shape index (κ2) is 7.24. The summed E-state index contributed by atoms with van der Waals surface area (Å²) in [6, 6.07) is 8.54. The zero-order chi connectivity index (χ0) is 19.8. The van der Waals surface area contributed by atoms with Gasteiger partial charge in [-0.3, -0.25) is 9.59 Å². The summed E-state index contributed by atoms with van der Waals surface area (Å²) in [5.74, 6) is -0.260. The van der Waals surface area contributed by atoms with Gasteiger partial charge in [0.05, 0.1) is 5.56 Å².